The van der Waals surface area contributed by atoms with Crippen LogP contribution in [0.25, 0.3) is 0 Å². The first-order valence-electron chi connectivity index (χ1n) is 2.84. The molecule has 0 N–H and O–H groups in total. The van der Waals surface area contributed by atoms with E-state index < -0.39 is 5.24 Å². The molecule has 0 heterocycles. The Balaban J connectivity index is 4.04. The molecule has 0 aliphatic carbocycles. The van der Waals surface area contributed by atoms with E-state index in [1.807, 2.05) is 0 Å². The molecule has 0 aromatic carbocycles. The minimum Gasteiger partial charge on any atom is -0.276 e. The summed E-state index contributed by atoms with van der Waals surface area (Å²) in [5.41, 5.74) is 0.528. The van der Waals surface area contributed by atoms with Crippen LogP contribution in [0, 0.1) is 0 Å². The van der Waals surface area contributed by atoms with E-state index in [0.29, 0.717) is 5.57 Å². The Hall–Kier alpha value is -0.820. The lowest BCUT2D eigenvalue weighted by molar-refractivity contribution is -0.108. The zero-order chi connectivity index (χ0) is 7.98. The molecule has 2 heteroatoms. The lowest BCUT2D eigenvalue weighted by Gasteiger charge is -1.84. The zero-order valence-corrected chi connectivity index (χ0v) is 6.56. The number of carbonyl (C=O) groups is 1. The number of rotatable bonds is 3. The van der Waals surface area contributed by atoms with E-state index >= 15 is 0 Å². The van der Waals surface area contributed by atoms with Crippen LogP contribution < -0.4 is 0 Å². The topological polar surface area (TPSA) is 17.1 Å². The molecular weight excluding hydrogens is 148 g/mol. The van der Waals surface area contributed by atoms with Crippen LogP contribution in [-0.2, 0) is 4.79 Å². The highest BCUT2D eigenvalue weighted by molar-refractivity contribution is 6.67. The average Bonchev–Trinajstić information content (AvgIpc) is 1.88. The van der Waals surface area contributed by atoms with Gasteiger partial charge in [0.25, 0.3) is 0 Å². The van der Waals surface area contributed by atoms with Gasteiger partial charge in [0, 0.05) is 5.57 Å². The van der Waals surface area contributed by atoms with E-state index in [1.54, 1.807) is 31.2 Å². The maximum Gasteiger partial charge on any atom is 0.248 e. The van der Waals surface area contributed by atoms with Crippen molar-refractivity contribution in [3.8, 4) is 0 Å². The van der Waals surface area contributed by atoms with Crippen molar-refractivity contribution >= 4 is 16.8 Å². The fourth-order valence-electron chi connectivity index (χ4n) is 0.344. The van der Waals surface area contributed by atoms with Gasteiger partial charge in [-0.3, -0.25) is 4.79 Å². The Morgan fingerprint density at radius 1 is 1.50 bits per heavy atom. The van der Waals surface area contributed by atoms with Crippen molar-refractivity contribution in [3.63, 3.8) is 0 Å². The van der Waals surface area contributed by atoms with Gasteiger partial charge in [-0.2, -0.15) is 0 Å². The zero-order valence-electron chi connectivity index (χ0n) is 5.80. The number of carbonyl (C=O) groups excluding carboxylic acids is 1. The van der Waals surface area contributed by atoms with Gasteiger partial charge in [-0.05, 0) is 18.5 Å². The Bertz CT molecular complexity index is 189. The van der Waals surface area contributed by atoms with E-state index in [2.05, 4.69) is 6.58 Å². The van der Waals surface area contributed by atoms with Gasteiger partial charge < -0.3 is 0 Å². The molecule has 0 fully saturated rings. The molecule has 0 rings (SSSR count). The smallest absolute Gasteiger partial charge is 0.248 e. The highest BCUT2D eigenvalue weighted by Gasteiger charge is 1.94. The summed E-state index contributed by atoms with van der Waals surface area (Å²) in [4.78, 5) is 10.4. The van der Waals surface area contributed by atoms with Crippen LogP contribution in [0.15, 0.2) is 36.5 Å². The summed E-state index contributed by atoms with van der Waals surface area (Å²) < 4.78 is 0. The summed E-state index contributed by atoms with van der Waals surface area (Å²) in [7, 11) is 0. The van der Waals surface area contributed by atoms with Crippen molar-refractivity contribution in [2.75, 3.05) is 0 Å². The number of allylic oxidation sites excluding steroid dienone is 5. The summed E-state index contributed by atoms with van der Waals surface area (Å²) in [5.74, 6) is 0. The normalized spacial score (nSPS) is 12.0. The molecule has 54 valence electrons. The van der Waals surface area contributed by atoms with Gasteiger partial charge in [-0.25, -0.2) is 0 Å². The second kappa shape index (κ2) is 5.00. The third-order valence-corrected chi connectivity index (χ3v) is 1.20. The second-order valence-electron chi connectivity index (χ2n) is 1.74. The number of hydrogen-bond donors (Lipinski definition) is 0. The number of halogens is 1. The highest BCUT2D eigenvalue weighted by Crippen LogP contribution is 1.98. The summed E-state index contributed by atoms with van der Waals surface area (Å²) in [6, 6.07) is 0. The molecule has 1 nitrogen and oxygen atoms in total. The van der Waals surface area contributed by atoms with Crippen molar-refractivity contribution in [3.05, 3.63) is 36.5 Å². The van der Waals surface area contributed by atoms with E-state index in [-0.39, 0.29) is 0 Å². The van der Waals surface area contributed by atoms with E-state index in [0.717, 1.165) is 0 Å². The lowest BCUT2D eigenvalue weighted by Crippen LogP contribution is -1.84. The molecule has 0 bridgehead atoms. The molecule has 0 amide bonds. The van der Waals surface area contributed by atoms with Gasteiger partial charge in [-0.15, -0.1) is 0 Å². The third kappa shape index (κ3) is 4.10. The number of hydrogen-bond acceptors (Lipinski definition) is 1. The summed E-state index contributed by atoms with van der Waals surface area (Å²) in [6.45, 7) is 5.12. The van der Waals surface area contributed by atoms with Crippen LogP contribution in [0.5, 0.6) is 0 Å². The molecule has 0 unspecified atom stereocenters. The first kappa shape index (κ1) is 9.18. The molecule has 0 saturated heterocycles. The van der Waals surface area contributed by atoms with Crippen molar-refractivity contribution in [2.24, 2.45) is 0 Å². The van der Waals surface area contributed by atoms with Crippen molar-refractivity contribution < 1.29 is 4.79 Å². The van der Waals surface area contributed by atoms with Gasteiger partial charge in [0.1, 0.15) is 0 Å². The van der Waals surface area contributed by atoms with Crippen molar-refractivity contribution in [1.82, 2.24) is 0 Å². The van der Waals surface area contributed by atoms with Crippen LogP contribution in [0.4, 0.5) is 0 Å². The van der Waals surface area contributed by atoms with Gasteiger partial charge in [0.15, 0.2) is 0 Å². The fourth-order valence-corrected chi connectivity index (χ4v) is 0.407. The Kier molecular flexibility index (Phi) is 4.59. The van der Waals surface area contributed by atoms with Gasteiger partial charge >= 0.3 is 0 Å². The van der Waals surface area contributed by atoms with Crippen LogP contribution >= 0.6 is 11.6 Å². The molecule has 0 radical (unpaired) electrons. The first-order valence-corrected chi connectivity index (χ1v) is 3.22. The fraction of sp³-hybridized carbons (Fsp3) is 0.125. The second-order valence-corrected chi connectivity index (χ2v) is 2.09. The predicted octanol–water partition coefficient (Wildman–Crippen LogP) is 2.44. The molecule has 0 aliphatic heterocycles. The minimum absolute atomic E-state index is 0.422. The van der Waals surface area contributed by atoms with Crippen molar-refractivity contribution in [2.45, 2.75) is 6.92 Å². The predicted molar refractivity (Wildman–Crippen MR) is 44.0 cm³/mol. The van der Waals surface area contributed by atoms with Crippen LogP contribution in [0.1, 0.15) is 6.92 Å². The third-order valence-electron chi connectivity index (χ3n) is 0.903. The average molecular weight is 157 g/mol. The van der Waals surface area contributed by atoms with Gasteiger partial charge in [-0.1, -0.05) is 30.9 Å². The summed E-state index contributed by atoms with van der Waals surface area (Å²) in [5, 5.41) is -0.422. The van der Waals surface area contributed by atoms with E-state index in [1.165, 1.54) is 0 Å². The van der Waals surface area contributed by atoms with Gasteiger partial charge in [0.05, 0.1) is 0 Å². The van der Waals surface area contributed by atoms with Gasteiger partial charge in [0.2, 0.25) is 5.24 Å². The molecule has 10 heavy (non-hydrogen) atoms. The molecule has 0 atom stereocenters. The monoisotopic (exact) mass is 156 g/mol. The first-order chi connectivity index (χ1) is 4.68. The molecular formula is C8H9ClO. The van der Waals surface area contributed by atoms with Crippen LogP contribution in [0.2, 0.25) is 0 Å². The Morgan fingerprint density at radius 2 is 2.10 bits per heavy atom. The SMILES string of the molecule is C=C/C=C\C=C(/C)C(=O)Cl. The van der Waals surface area contributed by atoms with Crippen LogP contribution in [0.3, 0.4) is 0 Å². The summed E-state index contributed by atoms with van der Waals surface area (Å²) in [6.07, 6.45) is 6.70. The lowest BCUT2D eigenvalue weighted by atomic mass is 10.3. The molecule has 0 aromatic heterocycles. The molecule has 0 spiro atoms. The molecule has 0 saturated carbocycles. The maximum atomic E-state index is 10.4. The molecule has 0 aliphatic rings. The summed E-state index contributed by atoms with van der Waals surface area (Å²) >= 11 is 5.14. The Morgan fingerprint density at radius 3 is 2.50 bits per heavy atom. The minimum atomic E-state index is -0.422. The van der Waals surface area contributed by atoms with Crippen LogP contribution in [-0.4, -0.2) is 5.24 Å². The van der Waals surface area contributed by atoms with E-state index in [9.17, 15) is 4.79 Å². The standard InChI is InChI=1S/C8H9ClO/c1-3-4-5-6-7(2)8(9)10/h3-6H,1H2,2H3/b5-4-,7-6+. The Labute approximate surface area is 65.7 Å². The van der Waals surface area contributed by atoms with E-state index in [4.69, 9.17) is 11.6 Å². The van der Waals surface area contributed by atoms with Crippen molar-refractivity contribution in [1.29, 1.82) is 0 Å². The quantitative estimate of drug-likeness (QED) is 0.349. The maximum absolute atomic E-state index is 10.4. The molecule has 0 aromatic rings. The largest absolute Gasteiger partial charge is 0.276 e. The highest BCUT2D eigenvalue weighted by atomic mass is 35.5.